The van der Waals surface area contributed by atoms with Gasteiger partial charge < -0.3 is 19.7 Å². The van der Waals surface area contributed by atoms with Crippen LogP contribution in [-0.2, 0) is 26.2 Å². The highest BCUT2D eigenvalue weighted by Crippen LogP contribution is 2.32. The fraction of sp³-hybridized carbons (Fsp3) is 0.394. The van der Waals surface area contributed by atoms with Gasteiger partial charge in [0.05, 0.1) is 24.8 Å². The molecule has 0 spiro atoms. The van der Waals surface area contributed by atoms with E-state index in [1.807, 2.05) is 25.1 Å². The molecule has 0 radical (unpaired) electrons. The van der Waals surface area contributed by atoms with Gasteiger partial charge in [-0.25, -0.2) is 8.42 Å². The van der Waals surface area contributed by atoms with Crippen molar-refractivity contribution in [1.82, 2.24) is 10.2 Å². The lowest BCUT2D eigenvalue weighted by atomic mass is 9.95. The fourth-order valence-electron chi connectivity index (χ4n) is 5.50. The minimum Gasteiger partial charge on any atom is -0.497 e. The Kier molecular flexibility index (Phi) is 11.1. The number of sulfonamides is 1. The first-order valence-corrected chi connectivity index (χ1v) is 16.2. The Bertz CT molecular complexity index is 1470. The Morgan fingerprint density at radius 3 is 2.28 bits per heavy atom. The fourth-order valence-corrected chi connectivity index (χ4v) is 6.95. The van der Waals surface area contributed by atoms with E-state index in [0.717, 1.165) is 42.0 Å². The maximum absolute atomic E-state index is 14.3. The molecule has 3 aromatic rings. The van der Waals surface area contributed by atoms with E-state index in [-0.39, 0.29) is 29.1 Å². The second kappa shape index (κ2) is 14.9. The molecule has 1 unspecified atom stereocenters. The molecule has 1 aliphatic rings. The molecule has 43 heavy (non-hydrogen) atoms. The van der Waals surface area contributed by atoms with Crippen molar-refractivity contribution in [2.75, 3.05) is 25.1 Å². The number of para-hydroxylation sites is 2. The van der Waals surface area contributed by atoms with Gasteiger partial charge in [-0.05, 0) is 61.2 Å². The molecule has 10 heteroatoms. The van der Waals surface area contributed by atoms with Crippen LogP contribution < -0.4 is 19.1 Å². The van der Waals surface area contributed by atoms with Crippen molar-refractivity contribution in [3.05, 3.63) is 84.4 Å². The molecule has 0 heterocycles. The van der Waals surface area contributed by atoms with Crippen LogP contribution in [0.2, 0.25) is 0 Å². The lowest BCUT2D eigenvalue weighted by molar-refractivity contribution is -0.140. The third kappa shape index (κ3) is 7.87. The number of carbonyl (C=O) groups is 2. The number of hydrogen-bond donors (Lipinski definition) is 1. The standard InChI is InChI=1S/C33H41N3O6S/c1-4-29(33(38)34-26-15-7-5-8-16-26)35(23-25-14-13-17-27(22-25)41-2)32(37)24-36(30-20-11-12-21-31(30)42-3)43(39,40)28-18-9-6-10-19-28/h6,9-14,17-22,26,29H,4-5,7-8,15-16,23-24H2,1-3H3,(H,34,38). The van der Waals surface area contributed by atoms with Crippen LogP contribution in [0.5, 0.6) is 11.5 Å². The van der Waals surface area contributed by atoms with Crippen LogP contribution in [0.3, 0.4) is 0 Å². The highest BCUT2D eigenvalue weighted by molar-refractivity contribution is 7.92. The average molecular weight is 608 g/mol. The molecular formula is C33H41N3O6S. The van der Waals surface area contributed by atoms with Gasteiger partial charge >= 0.3 is 0 Å². The number of methoxy groups -OCH3 is 2. The summed E-state index contributed by atoms with van der Waals surface area (Å²) in [5, 5.41) is 3.16. The Labute approximate surface area is 254 Å². The van der Waals surface area contributed by atoms with E-state index < -0.39 is 28.5 Å². The van der Waals surface area contributed by atoms with E-state index in [0.29, 0.717) is 17.9 Å². The molecule has 1 saturated carbocycles. The van der Waals surface area contributed by atoms with Gasteiger partial charge in [-0.1, -0.05) is 68.7 Å². The van der Waals surface area contributed by atoms with Gasteiger partial charge in [0.15, 0.2) is 0 Å². The maximum atomic E-state index is 14.3. The van der Waals surface area contributed by atoms with Crippen molar-refractivity contribution < 1.29 is 27.5 Å². The number of ether oxygens (including phenoxy) is 2. The molecule has 1 fully saturated rings. The number of nitrogens with zero attached hydrogens (tertiary/aromatic N) is 2. The third-order valence-electron chi connectivity index (χ3n) is 7.79. The van der Waals surface area contributed by atoms with E-state index in [9.17, 15) is 18.0 Å². The molecule has 2 amide bonds. The van der Waals surface area contributed by atoms with Gasteiger partial charge in [-0.2, -0.15) is 0 Å². The molecule has 0 aromatic heterocycles. The van der Waals surface area contributed by atoms with Gasteiger partial charge in [0.2, 0.25) is 11.8 Å². The number of carbonyl (C=O) groups excluding carboxylic acids is 2. The van der Waals surface area contributed by atoms with Crippen LogP contribution in [-0.4, -0.2) is 58.0 Å². The van der Waals surface area contributed by atoms with Crippen LogP contribution in [0.25, 0.3) is 0 Å². The van der Waals surface area contributed by atoms with Crippen molar-refractivity contribution in [3.8, 4) is 11.5 Å². The molecule has 1 atom stereocenters. The van der Waals surface area contributed by atoms with E-state index in [1.54, 1.807) is 55.6 Å². The van der Waals surface area contributed by atoms with E-state index in [1.165, 1.54) is 24.1 Å². The van der Waals surface area contributed by atoms with Gasteiger partial charge in [0.25, 0.3) is 10.0 Å². The van der Waals surface area contributed by atoms with Gasteiger partial charge in [-0.3, -0.25) is 13.9 Å². The van der Waals surface area contributed by atoms with Crippen LogP contribution in [0.15, 0.2) is 83.8 Å². The predicted octanol–water partition coefficient (Wildman–Crippen LogP) is 5.16. The zero-order valence-electron chi connectivity index (χ0n) is 25.1. The summed E-state index contributed by atoms with van der Waals surface area (Å²) in [7, 11) is -1.18. The highest BCUT2D eigenvalue weighted by atomic mass is 32.2. The average Bonchev–Trinajstić information content (AvgIpc) is 3.04. The first-order valence-electron chi connectivity index (χ1n) is 14.7. The zero-order valence-corrected chi connectivity index (χ0v) is 25.9. The number of anilines is 1. The Morgan fingerprint density at radius 1 is 0.907 bits per heavy atom. The molecule has 4 rings (SSSR count). The Morgan fingerprint density at radius 2 is 1.60 bits per heavy atom. The Balaban J connectivity index is 1.73. The Hall–Kier alpha value is -4.05. The second-order valence-electron chi connectivity index (χ2n) is 10.6. The first kappa shape index (κ1) is 31.9. The summed E-state index contributed by atoms with van der Waals surface area (Å²) in [5.74, 6) is 0.169. The molecule has 9 nitrogen and oxygen atoms in total. The van der Waals surface area contributed by atoms with Crippen molar-refractivity contribution in [2.24, 2.45) is 0 Å². The first-order chi connectivity index (χ1) is 20.8. The normalized spacial score (nSPS) is 14.4. The highest BCUT2D eigenvalue weighted by Gasteiger charge is 2.35. The van der Waals surface area contributed by atoms with Crippen molar-refractivity contribution in [1.29, 1.82) is 0 Å². The van der Waals surface area contributed by atoms with Gasteiger partial charge in [-0.15, -0.1) is 0 Å². The summed E-state index contributed by atoms with van der Waals surface area (Å²) < 4.78 is 40.0. The van der Waals surface area contributed by atoms with Crippen molar-refractivity contribution in [3.63, 3.8) is 0 Å². The summed E-state index contributed by atoms with van der Waals surface area (Å²) in [6.45, 7) is 1.42. The molecule has 1 aliphatic carbocycles. The SMILES string of the molecule is CCC(C(=O)NC1CCCCC1)N(Cc1cccc(OC)c1)C(=O)CN(c1ccccc1OC)S(=O)(=O)c1ccccc1. The number of amides is 2. The summed E-state index contributed by atoms with van der Waals surface area (Å²) in [6.07, 6.45) is 5.43. The predicted molar refractivity (Wildman–Crippen MR) is 167 cm³/mol. The van der Waals surface area contributed by atoms with E-state index in [2.05, 4.69) is 5.32 Å². The molecule has 0 saturated heterocycles. The molecule has 1 N–H and O–H groups in total. The third-order valence-corrected chi connectivity index (χ3v) is 9.56. The lowest BCUT2D eigenvalue weighted by Crippen LogP contribution is -2.54. The lowest BCUT2D eigenvalue weighted by Gasteiger charge is -2.34. The molecule has 0 aliphatic heterocycles. The van der Waals surface area contributed by atoms with Crippen LogP contribution in [0.1, 0.15) is 51.0 Å². The van der Waals surface area contributed by atoms with Crippen molar-refractivity contribution in [2.45, 2.75) is 69.0 Å². The number of hydrogen-bond acceptors (Lipinski definition) is 6. The minimum atomic E-state index is -4.19. The second-order valence-corrected chi connectivity index (χ2v) is 12.5. The van der Waals surface area contributed by atoms with E-state index in [4.69, 9.17) is 9.47 Å². The smallest absolute Gasteiger partial charge is 0.264 e. The van der Waals surface area contributed by atoms with Crippen LogP contribution in [0.4, 0.5) is 5.69 Å². The molecule has 0 bridgehead atoms. The largest absolute Gasteiger partial charge is 0.497 e. The number of benzene rings is 3. The summed E-state index contributed by atoms with van der Waals surface area (Å²) in [4.78, 5) is 29.5. The van der Waals surface area contributed by atoms with Crippen molar-refractivity contribution >= 4 is 27.5 Å². The quantitative estimate of drug-likeness (QED) is 0.288. The van der Waals surface area contributed by atoms with E-state index >= 15 is 0 Å². The summed E-state index contributed by atoms with van der Waals surface area (Å²) >= 11 is 0. The van der Waals surface area contributed by atoms with Crippen LogP contribution >= 0.6 is 0 Å². The summed E-state index contributed by atoms with van der Waals surface area (Å²) in [5.41, 5.74) is 0.981. The maximum Gasteiger partial charge on any atom is 0.264 e. The van der Waals surface area contributed by atoms with Crippen LogP contribution in [0, 0.1) is 0 Å². The monoisotopic (exact) mass is 607 g/mol. The minimum absolute atomic E-state index is 0.0372. The molecule has 230 valence electrons. The molecule has 3 aromatic carbocycles. The van der Waals surface area contributed by atoms with Gasteiger partial charge in [0, 0.05) is 12.6 Å². The summed E-state index contributed by atoms with van der Waals surface area (Å²) in [6, 6.07) is 21.2. The topological polar surface area (TPSA) is 105 Å². The number of nitrogens with one attached hydrogen (secondary N) is 1. The van der Waals surface area contributed by atoms with Gasteiger partial charge in [0.1, 0.15) is 24.1 Å². The molecular weight excluding hydrogens is 566 g/mol. The number of rotatable bonds is 13. The zero-order chi connectivity index (χ0) is 30.8.